The molecule has 1 aromatic heterocycles. The van der Waals surface area contributed by atoms with E-state index in [1.807, 2.05) is 13.0 Å². The molecule has 0 radical (unpaired) electrons. The summed E-state index contributed by atoms with van der Waals surface area (Å²) in [5.41, 5.74) is 2.64. The van der Waals surface area contributed by atoms with Crippen LogP contribution in [0.5, 0.6) is 5.75 Å². The number of hydrogen-bond donors (Lipinski definition) is 0. The molecule has 0 saturated carbocycles. The van der Waals surface area contributed by atoms with Crippen molar-refractivity contribution in [3.05, 3.63) is 34.1 Å². The minimum absolute atomic E-state index is 0.117. The second kappa shape index (κ2) is 5.01. The zero-order valence-corrected chi connectivity index (χ0v) is 11.9. The van der Waals surface area contributed by atoms with E-state index in [-0.39, 0.29) is 5.78 Å². The van der Waals surface area contributed by atoms with Gasteiger partial charge in [-0.3, -0.25) is 4.79 Å². The normalized spacial score (nSPS) is 10.6. The van der Waals surface area contributed by atoms with Crippen molar-refractivity contribution in [3.8, 4) is 11.4 Å². The fourth-order valence-corrected chi connectivity index (χ4v) is 2.01. The molecule has 0 saturated heterocycles. The third-order valence-corrected chi connectivity index (χ3v) is 3.32. The summed E-state index contributed by atoms with van der Waals surface area (Å²) in [6, 6.07) is 3.58. The molecule has 2 rings (SSSR count). The van der Waals surface area contributed by atoms with Gasteiger partial charge in [-0.2, -0.15) is 0 Å². The van der Waals surface area contributed by atoms with Gasteiger partial charge in [-0.25, -0.2) is 4.68 Å². The molecule has 5 nitrogen and oxygen atoms in total. The zero-order chi connectivity index (χ0) is 14.2. The van der Waals surface area contributed by atoms with Gasteiger partial charge in [0.05, 0.1) is 12.8 Å². The average molecular weight is 280 g/mol. The highest BCUT2D eigenvalue weighted by Gasteiger charge is 2.17. The molecule has 0 atom stereocenters. The zero-order valence-electron chi connectivity index (χ0n) is 11.2. The Morgan fingerprint density at radius 3 is 2.58 bits per heavy atom. The van der Waals surface area contributed by atoms with E-state index in [1.165, 1.54) is 6.92 Å². The van der Waals surface area contributed by atoms with E-state index in [1.54, 1.807) is 24.8 Å². The van der Waals surface area contributed by atoms with Crippen molar-refractivity contribution in [1.82, 2.24) is 15.0 Å². The van der Waals surface area contributed by atoms with Gasteiger partial charge in [0, 0.05) is 18.0 Å². The summed E-state index contributed by atoms with van der Waals surface area (Å²) in [6.07, 6.45) is 0. The van der Waals surface area contributed by atoms with Gasteiger partial charge in [-0.15, -0.1) is 5.10 Å². The van der Waals surface area contributed by atoms with Crippen molar-refractivity contribution >= 4 is 17.4 Å². The number of aryl methyl sites for hydroxylation is 1. The Hall–Kier alpha value is -1.88. The number of aromatic nitrogens is 3. The highest BCUT2D eigenvalue weighted by atomic mass is 35.5. The van der Waals surface area contributed by atoms with Crippen LogP contribution in [-0.4, -0.2) is 27.9 Å². The van der Waals surface area contributed by atoms with Crippen molar-refractivity contribution < 1.29 is 9.53 Å². The molecule has 0 fully saturated rings. The molecule has 0 aliphatic carbocycles. The third-order valence-electron chi connectivity index (χ3n) is 2.92. The molecule has 1 aromatic carbocycles. The number of rotatable bonds is 3. The van der Waals surface area contributed by atoms with Gasteiger partial charge < -0.3 is 4.74 Å². The van der Waals surface area contributed by atoms with Crippen molar-refractivity contribution in [1.29, 1.82) is 0 Å². The van der Waals surface area contributed by atoms with Crippen LogP contribution in [0.4, 0.5) is 0 Å². The van der Waals surface area contributed by atoms with Crippen LogP contribution in [0.3, 0.4) is 0 Å². The van der Waals surface area contributed by atoms with E-state index in [0.717, 1.165) is 5.56 Å². The molecule has 2 aromatic rings. The van der Waals surface area contributed by atoms with E-state index in [9.17, 15) is 4.79 Å². The van der Waals surface area contributed by atoms with E-state index in [4.69, 9.17) is 16.3 Å². The molecule has 0 unspecified atom stereocenters. The average Bonchev–Trinajstić information content (AvgIpc) is 2.74. The predicted molar refractivity (Wildman–Crippen MR) is 72.4 cm³/mol. The van der Waals surface area contributed by atoms with Crippen LogP contribution in [0.2, 0.25) is 5.02 Å². The fourth-order valence-electron chi connectivity index (χ4n) is 1.86. The van der Waals surface area contributed by atoms with Crippen LogP contribution in [-0.2, 0) is 0 Å². The highest BCUT2D eigenvalue weighted by molar-refractivity contribution is 6.31. The summed E-state index contributed by atoms with van der Waals surface area (Å²) in [6.45, 7) is 5.15. The Labute approximate surface area is 116 Å². The standard InChI is InChI=1S/C13H14ClN3O2/c1-7-5-11(12(19-4)6-10(7)14)17-8(2)13(9(3)18)15-16-17/h5-6H,1-4H3. The first kappa shape index (κ1) is 13.5. The van der Waals surface area contributed by atoms with Crippen molar-refractivity contribution in [3.63, 3.8) is 0 Å². The number of hydrogen-bond acceptors (Lipinski definition) is 4. The molecule has 0 amide bonds. The molecule has 100 valence electrons. The second-order valence-electron chi connectivity index (χ2n) is 4.26. The van der Waals surface area contributed by atoms with Gasteiger partial charge in [-0.05, 0) is 25.5 Å². The van der Waals surface area contributed by atoms with Gasteiger partial charge in [0.25, 0.3) is 0 Å². The monoisotopic (exact) mass is 279 g/mol. The molecule has 0 spiro atoms. The summed E-state index contributed by atoms with van der Waals surface area (Å²) < 4.78 is 6.88. The fraction of sp³-hybridized carbons (Fsp3) is 0.308. The lowest BCUT2D eigenvalue weighted by molar-refractivity contribution is 0.101. The number of halogens is 1. The SMILES string of the molecule is COc1cc(Cl)c(C)cc1-n1nnc(C(C)=O)c1C. The topological polar surface area (TPSA) is 57.0 Å². The summed E-state index contributed by atoms with van der Waals surface area (Å²) >= 11 is 6.07. The number of nitrogens with zero attached hydrogens (tertiary/aromatic N) is 3. The molecular weight excluding hydrogens is 266 g/mol. The first-order valence-electron chi connectivity index (χ1n) is 5.73. The number of ketones is 1. The number of ether oxygens (including phenoxy) is 1. The van der Waals surface area contributed by atoms with Crippen molar-refractivity contribution in [2.75, 3.05) is 7.11 Å². The first-order chi connectivity index (χ1) is 8.95. The second-order valence-corrected chi connectivity index (χ2v) is 4.67. The minimum Gasteiger partial charge on any atom is -0.494 e. The molecule has 6 heteroatoms. The quantitative estimate of drug-likeness (QED) is 0.811. The maximum absolute atomic E-state index is 11.4. The Morgan fingerprint density at radius 1 is 1.37 bits per heavy atom. The largest absolute Gasteiger partial charge is 0.494 e. The van der Waals surface area contributed by atoms with E-state index < -0.39 is 0 Å². The number of Topliss-reactive ketones (excluding diaryl/α,β-unsaturated/α-hetero) is 1. The van der Waals surface area contributed by atoms with E-state index >= 15 is 0 Å². The molecule has 0 aliphatic rings. The van der Waals surface area contributed by atoms with Crippen LogP contribution in [0.25, 0.3) is 5.69 Å². The summed E-state index contributed by atoms with van der Waals surface area (Å²) in [7, 11) is 1.56. The molecule has 19 heavy (non-hydrogen) atoms. The summed E-state index contributed by atoms with van der Waals surface area (Å²) in [4.78, 5) is 11.4. The van der Waals surface area contributed by atoms with E-state index in [2.05, 4.69) is 10.3 Å². The van der Waals surface area contributed by atoms with Crippen molar-refractivity contribution in [2.24, 2.45) is 0 Å². The lowest BCUT2D eigenvalue weighted by atomic mass is 10.2. The number of carbonyl (C=O) groups is 1. The molecule has 1 heterocycles. The van der Waals surface area contributed by atoms with Gasteiger partial charge >= 0.3 is 0 Å². The Bertz CT molecular complexity index is 650. The summed E-state index contributed by atoms with van der Waals surface area (Å²) in [5.74, 6) is 0.465. The molecule has 0 N–H and O–H groups in total. The molecule has 0 bridgehead atoms. The van der Waals surface area contributed by atoms with Gasteiger partial charge in [-0.1, -0.05) is 16.8 Å². The van der Waals surface area contributed by atoms with Crippen LogP contribution < -0.4 is 4.74 Å². The Kier molecular flexibility index (Phi) is 3.57. The lowest BCUT2D eigenvalue weighted by Gasteiger charge is -2.11. The van der Waals surface area contributed by atoms with Crippen LogP contribution in [0.15, 0.2) is 12.1 Å². The molecule has 0 aliphatic heterocycles. The van der Waals surface area contributed by atoms with Crippen LogP contribution in [0, 0.1) is 13.8 Å². The predicted octanol–water partition coefficient (Wildman–Crippen LogP) is 2.75. The number of methoxy groups -OCH3 is 1. The maximum Gasteiger partial charge on any atom is 0.181 e. The first-order valence-corrected chi connectivity index (χ1v) is 6.11. The van der Waals surface area contributed by atoms with Gasteiger partial charge in [0.15, 0.2) is 11.5 Å². The number of carbonyl (C=O) groups excluding carboxylic acids is 1. The lowest BCUT2D eigenvalue weighted by Crippen LogP contribution is -2.04. The summed E-state index contributed by atoms with van der Waals surface area (Å²) in [5, 5.41) is 8.52. The highest BCUT2D eigenvalue weighted by Crippen LogP contribution is 2.30. The maximum atomic E-state index is 11.4. The number of benzene rings is 1. The smallest absolute Gasteiger partial charge is 0.181 e. The molecular formula is C13H14ClN3O2. The van der Waals surface area contributed by atoms with E-state index in [0.29, 0.717) is 27.8 Å². The van der Waals surface area contributed by atoms with Gasteiger partial charge in [0.2, 0.25) is 0 Å². The third kappa shape index (κ3) is 2.33. The van der Waals surface area contributed by atoms with Crippen molar-refractivity contribution in [2.45, 2.75) is 20.8 Å². The van der Waals surface area contributed by atoms with Crippen LogP contribution >= 0.6 is 11.6 Å². The Balaban J connectivity index is 2.65. The van der Waals surface area contributed by atoms with Crippen LogP contribution in [0.1, 0.15) is 28.7 Å². The van der Waals surface area contributed by atoms with Gasteiger partial charge in [0.1, 0.15) is 11.4 Å². The minimum atomic E-state index is -0.117. The Morgan fingerprint density at radius 2 is 2.05 bits per heavy atom.